The Kier molecular flexibility index (Phi) is 5.77. The van der Waals surface area contributed by atoms with E-state index in [2.05, 4.69) is 37.5 Å². The van der Waals surface area contributed by atoms with Gasteiger partial charge in [0.2, 0.25) is 0 Å². The number of aliphatic imine (C=N–C) groups is 2. The quantitative estimate of drug-likeness (QED) is 0.468. The Morgan fingerprint density at radius 3 is 2.38 bits per heavy atom. The second kappa shape index (κ2) is 6.35. The molecule has 0 amide bonds. The van der Waals surface area contributed by atoms with Gasteiger partial charge in [0.15, 0.2) is 5.84 Å². The predicted octanol–water partition coefficient (Wildman–Crippen LogP) is 3.22. The van der Waals surface area contributed by atoms with Crippen LogP contribution in [0.5, 0.6) is 0 Å². The monoisotopic (exact) mass is 178 g/mol. The number of rotatable bonds is 3. The van der Waals surface area contributed by atoms with Crippen molar-refractivity contribution in [2.45, 2.75) is 27.7 Å². The lowest BCUT2D eigenvalue weighted by atomic mass is 10.1. The molecule has 72 valence electrons. The van der Waals surface area contributed by atoms with Gasteiger partial charge in [-0.05, 0) is 32.6 Å². The van der Waals surface area contributed by atoms with Gasteiger partial charge in [-0.25, -0.2) is 9.98 Å². The molecule has 0 radical (unpaired) electrons. The zero-order valence-electron chi connectivity index (χ0n) is 8.91. The van der Waals surface area contributed by atoms with E-state index in [9.17, 15) is 0 Å². The molecule has 13 heavy (non-hydrogen) atoms. The number of amidine groups is 1. The standard InChI is InChI=1S/C11H18N2/c1-6-7-11(12-5)13-8-10(4)9(2)3/h6-9H,5H2,1-4H3/b7-6-,10-8+,13-11+. The van der Waals surface area contributed by atoms with Gasteiger partial charge >= 0.3 is 0 Å². The second-order valence-electron chi connectivity index (χ2n) is 3.17. The first kappa shape index (κ1) is 11.8. The van der Waals surface area contributed by atoms with Crippen LogP contribution in [0.15, 0.2) is 33.9 Å². The van der Waals surface area contributed by atoms with E-state index in [1.807, 2.05) is 25.3 Å². The molecule has 0 heterocycles. The van der Waals surface area contributed by atoms with Crippen LogP contribution in [0.2, 0.25) is 0 Å². The molecule has 0 fully saturated rings. The lowest BCUT2D eigenvalue weighted by molar-refractivity contribution is 0.766. The molecule has 0 N–H and O–H groups in total. The van der Waals surface area contributed by atoms with Crippen LogP contribution in [0, 0.1) is 5.92 Å². The van der Waals surface area contributed by atoms with E-state index in [1.165, 1.54) is 5.57 Å². The van der Waals surface area contributed by atoms with Gasteiger partial charge in [0.05, 0.1) is 0 Å². The van der Waals surface area contributed by atoms with E-state index in [0.29, 0.717) is 11.8 Å². The maximum Gasteiger partial charge on any atom is 0.150 e. The molecular formula is C11H18N2. The number of hydrogen-bond donors (Lipinski definition) is 0. The summed E-state index contributed by atoms with van der Waals surface area (Å²) in [5.74, 6) is 1.18. The minimum atomic E-state index is 0.528. The summed E-state index contributed by atoms with van der Waals surface area (Å²) in [6.45, 7) is 11.7. The number of nitrogens with zero attached hydrogens (tertiary/aromatic N) is 2. The van der Waals surface area contributed by atoms with Crippen LogP contribution >= 0.6 is 0 Å². The maximum atomic E-state index is 4.19. The summed E-state index contributed by atoms with van der Waals surface area (Å²) < 4.78 is 0. The lowest BCUT2D eigenvalue weighted by Gasteiger charge is -2.01. The molecule has 0 rings (SSSR count). The van der Waals surface area contributed by atoms with Gasteiger partial charge in [-0.3, -0.25) is 0 Å². The van der Waals surface area contributed by atoms with Crippen LogP contribution in [0.25, 0.3) is 0 Å². The molecule has 0 aliphatic carbocycles. The Balaban J connectivity index is 4.53. The van der Waals surface area contributed by atoms with Crippen molar-refractivity contribution in [2.24, 2.45) is 15.9 Å². The zero-order chi connectivity index (χ0) is 10.3. The normalized spacial score (nSPS) is 14.2. The Morgan fingerprint density at radius 1 is 1.38 bits per heavy atom. The highest BCUT2D eigenvalue weighted by atomic mass is 14.9. The molecule has 0 saturated carbocycles. The second-order valence-corrected chi connectivity index (χ2v) is 3.17. The fourth-order valence-corrected chi connectivity index (χ4v) is 0.603. The van der Waals surface area contributed by atoms with Gasteiger partial charge in [0.1, 0.15) is 0 Å². The highest BCUT2D eigenvalue weighted by Crippen LogP contribution is 2.07. The van der Waals surface area contributed by atoms with E-state index in [1.54, 1.807) is 0 Å². The molecule has 2 nitrogen and oxygen atoms in total. The minimum Gasteiger partial charge on any atom is -0.245 e. The highest BCUT2D eigenvalue weighted by Gasteiger charge is 1.94. The van der Waals surface area contributed by atoms with Crippen LogP contribution in [0.4, 0.5) is 0 Å². The lowest BCUT2D eigenvalue weighted by Crippen LogP contribution is -1.89. The largest absolute Gasteiger partial charge is 0.245 e. The van der Waals surface area contributed by atoms with E-state index >= 15 is 0 Å². The zero-order valence-corrected chi connectivity index (χ0v) is 8.91. The molecule has 0 aliphatic heterocycles. The molecule has 0 spiro atoms. The summed E-state index contributed by atoms with van der Waals surface area (Å²) in [6, 6.07) is 0. The summed E-state index contributed by atoms with van der Waals surface area (Å²) in [5, 5.41) is 0. The summed E-state index contributed by atoms with van der Waals surface area (Å²) in [7, 11) is 0. The van der Waals surface area contributed by atoms with Crippen LogP contribution in [0.1, 0.15) is 27.7 Å². The first-order valence-corrected chi connectivity index (χ1v) is 4.45. The smallest absolute Gasteiger partial charge is 0.150 e. The SMILES string of the molecule is C=NC(/C=C\C)=N/C=C(\C)C(C)C. The van der Waals surface area contributed by atoms with E-state index < -0.39 is 0 Å². The third-order valence-corrected chi connectivity index (χ3v) is 1.79. The summed E-state index contributed by atoms with van der Waals surface area (Å²) in [5.41, 5.74) is 1.24. The van der Waals surface area contributed by atoms with Crippen molar-refractivity contribution in [3.63, 3.8) is 0 Å². The third-order valence-electron chi connectivity index (χ3n) is 1.79. The van der Waals surface area contributed by atoms with Crippen molar-refractivity contribution in [1.29, 1.82) is 0 Å². The molecule has 2 heteroatoms. The van der Waals surface area contributed by atoms with Crippen molar-refractivity contribution in [2.75, 3.05) is 0 Å². The van der Waals surface area contributed by atoms with E-state index in [0.717, 1.165) is 0 Å². The fourth-order valence-electron chi connectivity index (χ4n) is 0.603. The van der Waals surface area contributed by atoms with Crippen LogP contribution < -0.4 is 0 Å². The van der Waals surface area contributed by atoms with Crippen molar-refractivity contribution in [1.82, 2.24) is 0 Å². The van der Waals surface area contributed by atoms with Gasteiger partial charge in [0, 0.05) is 6.20 Å². The number of hydrogen-bond acceptors (Lipinski definition) is 1. The summed E-state index contributed by atoms with van der Waals surface area (Å²) in [6.07, 6.45) is 5.57. The Morgan fingerprint density at radius 2 is 2.00 bits per heavy atom. The predicted molar refractivity (Wildman–Crippen MR) is 60.4 cm³/mol. The van der Waals surface area contributed by atoms with Crippen molar-refractivity contribution < 1.29 is 0 Å². The summed E-state index contributed by atoms with van der Waals surface area (Å²) >= 11 is 0. The van der Waals surface area contributed by atoms with Crippen LogP contribution in [-0.2, 0) is 0 Å². The average Bonchev–Trinajstić information content (AvgIpc) is 2.11. The number of allylic oxidation sites excluding steroid dienone is 2. The Labute approximate surface area is 80.8 Å². The molecule has 0 aromatic carbocycles. The average molecular weight is 178 g/mol. The fraction of sp³-hybridized carbons (Fsp3) is 0.455. The van der Waals surface area contributed by atoms with Gasteiger partial charge in [-0.15, -0.1) is 0 Å². The van der Waals surface area contributed by atoms with Crippen molar-refractivity contribution in [3.05, 3.63) is 23.9 Å². The first-order valence-electron chi connectivity index (χ1n) is 4.45. The topological polar surface area (TPSA) is 24.7 Å². The van der Waals surface area contributed by atoms with Crippen molar-refractivity contribution in [3.8, 4) is 0 Å². The Bertz CT molecular complexity index is 245. The van der Waals surface area contributed by atoms with E-state index in [-0.39, 0.29) is 0 Å². The van der Waals surface area contributed by atoms with E-state index in [4.69, 9.17) is 0 Å². The third kappa shape index (κ3) is 5.12. The molecular weight excluding hydrogens is 160 g/mol. The van der Waals surface area contributed by atoms with Gasteiger partial charge < -0.3 is 0 Å². The van der Waals surface area contributed by atoms with Crippen molar-refractivity contribution >= 4 is 12.6 Å². The molecule has 0 aliphatic rings. The summed E-state index contributed by atoms with van der Waals surface area (Å²) in [4.78, 5) is 7.97. The maximum absolute atomic E-state index is 4.19. The first-order chi connectivity index (χ1) is 6.11. The van der Waals surface area contributed by atoms with Gasteiger partial charge in [0.25, 0.3) is 0 Å². The molecule has 0 bridgehead atoms. The van der Waals surface area contributed by atoms with Gasteiger partial charge in [-0.2, -0.15) is 0 Å². The molecule has 0 saturated heterocycles. The minimum absolute atomic E-state index is 0.528. The van der Waals surface area contributed by atoms with Gasteiger partial charge in [-0.1, -0.05) is 25.5 Å². The Hall–Kier alpha value is -1.18. The molecule has 0 aromatic rings. The van der Waals surface area contributed by atoms with Crippen LogP contribution in [-0.4, -0.2) is 12.6 Å². The van der Waals surface area contributed by atoms with Crippen LogP contribution in [0.3, 0.4) is 0 Å². The molecule has 0 atom stereocenters. The highest BCUT2D eigenvalue weighted by molar-refractivity contribution is 5.96. The molecule has 0 unspecified atom stereocenters. The molecule has 0 aromatic heterocycles.